The van der Waals surface area contributed by atoms with E-state index >= 15 is 0 Å². The van der Waals surface area contributed by atoms with Gasteiger partial charge in [-0.25, -0.2) is 4.98 Å². The van der Waals surface area contributed by atoms with E-state index in [1.807, 2.05) is 13.0 Å². The second-order valence-corrected chi connectivity index (χ2v) is 6.13. The van der Waals surface area contributed by atoms with Gasteiger partial charge >= 0.3 is 0 Å². The number of pyridine rings is 1. The number of amides is 1. The van der Waals surface area contributed by atoms with Gasteiger partial charge in [0.2, 0.25) is 0 Å². The third kappa shape index (κ3) is 4.45. The molecule has 0 spiro atoms. The number of carbonyl (C=O) groups excluding carboxylic acids is 1. The lowest BCUT2D eigenvalue weighted by Gasteiger charge is -2.27. The number of aromatic nitrogens is 1. The van der Waals surface area contributed by atoms with Crippen molar-refractivity contribution in [1.82, 2.24) is 10.3 Å². The van der Waals surface area contributed by atoms with E-state index in [1.165, 1.54) is 32.1 Å². The molecule has 0 saturated heterocycles. The number of anilines is 1. The van der Waals surface area contributed by atoms with Crippen molar-refractivity contribution in [2.24, 2.45) is 11.8 Å². The minimum absolute atomic E-state index is 0.0311. The van der Waals surface area contributed by atoms with Gasteiger partial charge in [-0.15, -0.1) is 0 Å². The Bertz CT molecular complexity index is 479. The molecule has 1 fully saturated rings. The summed E-state index contributed by atoms with van der Waals surface area (Å²) in [6.07, 6.45) is 7.15. The average molecular weight is 289 g/mol. The minimum Gasteiger partial charge on any atom is -0.384 e. The molecule has 1 heterocycles. The fourth-order valence-electron chi connectivity index (χ4n) is 3.11. The van der Waals surface area contributed by atoms with Gasteiger partial charge in [0.15, 0.2) is 0 Å². The van der Waals surface area contributed by atoms with E-state index in [2.05, 4.69) is 17.2 Å². The first kappa shape index (κ1) is 15.8. The second kappa shape index (κ2) is 7.43. The van der Waals surface area contributed by atoms with E-state index in [1.54, 1.807) is 6.07 Å². The highest BCUT2D eigenvalue weighted by atomic mass is 16.1. The lowest BCUT2D eigenvalue weighted by molar-refractivity contribution is 0.0941. The van der Waals surface area contributed by atoms with Crippen LogP contribution in [0.25, 0.3) is 0 Å². The van der Waals surface area contributed by atoms with Crippen LogP contribution in [-0.4, -0.2) is 17.4 Å². The summed E-state index contributed by atoms with van der Waals surface area (Å²) in [5, 5.41) is 3.06. The van der Waals surface area contributed by atoms with Crippen LogP contribution in [-0.2, 0) is 6.42 Å². The van der Waals surface area contributed by atoms with Gasteiger partial charge in [-0.2, -0.15) is 0 Å². The molecular formula is C17H27N3O. The lowest BCUT2D eigenvalue weighted by atomic mass is 9.81. The minimum atomic E-state index is -0.0311. The van der Waals surface area contributed by atoms with Gasteiger partial charge in [0, 0.05) is 17.8 Å². The van der Waals surface area contributed by atoms with Crippen molar-refractivity contribution >= 4 is 11.7 Å². The molecule has 1 aromatic rings. The summed E-state index contributed by atoms with van der Waals surface area (Å²) in [6, 6.07) is 3.49. The van der Waals surface area contributed by atoms with Crippen molar-refractivity contribution in [2.75, 3.05) is 12.3 Å². The van der Waals surface area contributed by atoms with Gasteiger partial charge in [-0.1, -0.05) is 33.1 Å². The quantitative estimate of drug-likeness (QED) is 0.874. The molecule has 4 nitrogen and oxygen atoms in total. The Balaban J connectivity index is 1.86. The topological polar surface area (TPSA) is 68.0 Å². The molecule has 0 aromatic carbocycles. The maximum atomic E-state index is 12.2. The number of nitrogens with one attached hydrogen (secondary N) is 1. The number of nitrogens with two attached hydrogens (primary N) is 1. The molecule has 2 rings (SSSR count). The van der Waals surface area contributed by atoms with Crippen LogP contribution in [0.5, 0.6) is 0 Å². The van der Waals surface area contributed by atoms with Crippen molar-refractivity contribution in [3.05, 3.63) is 23.4 Å². The lowest BCUT2D eigenvalue weighted by Crippen LogP contribution is -2.31. The molecule has 0 atom stereocenters. The maximum absolute atomic E-state index is 12.2. The standard InChI is InChI=1S/C17H27N3O/c1-3-12-5-7-13(8-6-12)11-19-17(21)14-9-15(4-2)20-16(18)10-14/h9-10,12-13H,3-8,11H2,1-2H3,(H2,18,20)(H,19,21). The van der Waals surface area contributed by atoms with Crippen LogP contribution in [0, 0.1) is 11.8 Å². The highest BCUT2D eigenvalue weighted by molar-refractivity contribution is 5.94. The molecule has 1 amide bonds. The normalized spacial score (nSPS) is 22.0. The third-order valence-electron chi connectivity index (χ3n) is 4.62. The Morgan fingerprint density at radius 2 is 1.90 bits per heavy atom. The van der Waals surface area contributed by atoms with E-state index in [4.69, 9.17) is 5.73 Å². The van der Waals surface area contributed by atoms with Crippen molar-refractivity contribution < 1.29 is 4.79 Å². The zero-order valence-electron chi connectivity index (χ0n) is 13.2. The fraction of sp³-hybridized carbons (Fsp3) is 0.647. The summed E-state index contributed by atoms with van der Waals surface area (Å²) in [5.74, 6) is 1.91. The monoisotopic (exact) mass is 289 g/mol. The molecule has 0 radical (unpaired) electrons. The molecule has 21 heavy (non-hydrogen) atoms. The molecular weight excluding hydrogens is 262 g/mol. The highest BCUT2D eigenvalue weighted by Crippen LogP contribution is 2.30. The molecule has 1 saturated carbocycles. The zero-order chi connectivity index (χ0) is 15.2. The smallest absolute Gasteiger partial charge is 0.251 e. The summed E-state index contributed by atoms with van der Waals surface area (Å²) in [7, 11) is 0. The number of aryl methyl sites for hydroxylation is 1. The van der Waals surface area contributed by atoms with Crippen LogP contribution < -0.4 is 11.1 Å². The molecule has 4 heteroatoms. The summed E-state index contributed by atoms with van der Waals surface area (Å²) in [6.45, 7) is 5.06. The average Bonchev–Trinajstić information content (AvgIpc) is 2.52. The summed E-state index contributed by atoms with van der Waals surface area (Å²) in [4.78, 5) is 16.4. The van der Waals surface area contributed by atoms with Crippen molar-refractivity contribution in [3.8, 4) is 0 Å². The largest absolute Gasteiger partial charge is 0.384 e. The first-order valence-electron chi connectivity index (χ1n) is 8.17. The summed E-state index contributed by atoms with van der Waals surface area (Å²) >= 11 is 0. The van der Waals surface area contributed by atoms with Crippen LogP contribution in [0.4, 0.5) is 5.82 Å². The van der Waals surface area contributed by atoms with E-state index in [9.17, 15) is 4.79 Å². The SMILES string of the molecule is CCc1cc(C(=O)NCC2CCC(CC)CC2)cc(N)n1. The molecule has 1 aliphatic rings. The molecule has 1 aliphatic carbocycles. The summed E-state index contributed by atoms with van der Waals surface area (Å²) in [5.41, 5.74) is 7.24. The molecule has 0 aliphatic heterocycles. The number of hydrogen-bond acceptors (Lipinski definition) is 3. The Morgan fingerprint density at radius 1 is 1.24 bits per heavy atom. The van der Waals surface area contributed by atoms with Crippen molar-refractivity contribution in [1.29, 1.82) is 0 Å². The predicted molar refractivity (Wildman–Crippen MR) is 86.1 cm³/mol. The van der Waals surface area contributed by atoms with Gasteiger partial charge < -0.3 is 11.1 Å². The Kier molecular flexibility index (Phi) is 5.59. The van der Waals surface area contributed by atoms with Crippen LogP contribution in [0.3, 0.4) is 0 Å². The number of rotatable bonds is 5. The Morgan fingerprint density at radius 3 is 2.52 bits per heavy atom. The zero-order valence-corrected chi connectivity index (χ0v) is 13.2. The first-order chi connectivity index (χ1) is 10.1. The van der Waals surface area contributed by atoms with E-state index in [0.717, 1.165) is 24.6 Å². The molecule has 3 N–H and O–H groups in total. The second-order valence-electron chi connectivity index (χ2n) is 6.13. The molecule has 1 aromatic heterocycles. The van der Waals surface area contributed by atoms with E-state index in [0.29, 0.717) is 17.3 Å². The predicted octanol–water partition coefficient (Wildman–Crippen LogP) is 3.17. The van der Waals surface area contributed by atoms with Crippen LogP contribution in [0.2, 0.25) is 0 Å². The number of hydrogen-bond donors (Lipinski definition) is 2. The van der Waals surface area contributed by atoms with E-state index in [-0.39, 0.29) is 5.91 Å². The van der Waals surface area contributed by atoms with Crippen molar-refractivity contribution in [3.63, 3.8) is 0 Å². The number of nitrogens with zero attached hydrogens (tertiary/aromatic N) is 1. The maximum Gasteiger partial charge on any atom is 0.251 e. The van der Waals surface area contributed by atoms with Crippen LogP contribution in [0.15, 0.2) is 12.1 Å². The van der Waals surface area contributed by atoms with E-state index < -0.39 is 0 Å². The third-order valence-corrected chi connectivity index (χ3v) is 4.62. The first-order valence-corrected chi connectivity index (χ1v) is 8.17. The van der Waals surface area contributed by atoms with Crippen LogP contribution >= 0.6 is 0 Å². The molecule has 116 valence electrons. The van der Waals surface area contributed by atoms with Gasteiger partial charge in [-0.05, 0) is 43.2 Å². The fourth-order valence-corrected chi connectivity index (χ4v) is 3.11. The van der Waals surface area contributed by atoms with Crippen molar-refractivity contribution in [2.45, 2.75) is 52.4 Å². The highest BCUT2D eigenvalue weighted by Gasteiger charge is 2.20. The van der Waals surface area contributed by atoms with Gasteiger partial charge in [0.1, 0.15) is 5.82 Å². The van der Waals surface area contributed by atoms with Gasteiger partial charge in [0.25, 0.3) is 5.91 Å². The van der Waals surface area contributed by atoms with Gasteiger partial charge in [0.05, 0.1) is 0 Å². The molecule has 0 unspecified atom stereocenters. The van der Waals surface area contributed by atoms with Gasteiger partial charge in [-0.3, -0.25) is 4.79 Å². The molecule has 0 bridgehead atoms. The number of carbonyl (C=O) groups is 1. The Labute approximate surface area is 127 Å². The van der Waals surface area contributed by atoms with Crippen LogP contribution in [0.1, 0.15) is 62.0 Å². The summed E-state index contributed by atoms with van der Waals surface area (Å²) < 4.78 is 0. The number of nitrogen functional groups attached to an aromatic ring is 1. The Hall–Kier alpha value is -1.58.